The van der Waals surface area contributed by atoms with Crippen LogP contribution in [0.15, 0.2) is 24.3 Å². The van der Waals surface area contributed by atoms with E-state index in [0.717, 1.165) is 50.0 Å². The molecular weight excluding hydrogens is 330 g/mol. The fraction of sp³-hybridized carbons (Fsp3) is 0.600. The molecule has 2 heterocycles. The Morgan fingerprint density at radius 1 is 1.23 bits per heavy atom. The number of nitrogens with one attached hydrogen (secondary N) is 2. The third-order valence-electron chi connectivity index (χ3n) is 5.10. The van der Waals surface area contributed by atoms with Gasteiger partial charge in [-0.2, -0.15) is 0 Å². The SMILES string of the molecule is Cc1cccc(NC(=O)CCNC2CCN(C(=O)[C@H]3CCCO3)CC2)c1. The fourth-order valence-electron chi connectivity index (χ4n) is 3.62. The number of rotatable bonds is 6. The Labute approximate surface area is 155 Å². The first-order chi connectivity index (χ1) is 12.6. The fourth-order valence-corrected chi connectivity index (χ4v) is 3.62. The molecule has 2 fully saturated rings. The Morgan fingerprint density at radius 2 is 2.04 bits per heavy atom. The van der Waals surface area contributed by atoms with Gasteiger partial charge in [0.15, 0.2) is 0 Å². The van der Waals surface area contributed by atoms with Crippen molar-refractivity contribution in [3.8, 4) is 0 Å². The van der Waals surface area contributed by atoms with Gasteiger partial charge in [-0.1, -0.05) is 12.1 Å². The van der Waals surface area contributed by atoms with Crippen molar-refractivity contribution in [2.75, 3.05) is 31.6 Å². The summed E-state index contributed by atoms with van der Waals surface area (Å²) in [4.78, 5) is 26.3. The number of nitrogens with zero attached hydrogens (tertiary/aromatic N) is 1. The summed E-state index contributed by atoms with van der Waals surface area (Å²) in [5.74, 6) is 0.174. The molecule has 6 heteroatoms. The summed E-state index contributed by atoms with van der Waals surface area (Å²) in [5.41, 5.74) is 1.97. The van der Waals surface area contributed by atoms with Crippen molar-refractivity contribution in [2.24, 2.45) is 0 Å². The lowest BCUT2D eigenvalue weighted by atomic mass is 10.0. The highest BCUT2D eigenvalue weighted by Crippen LogP contribution is 2.18. The van der Waals surface area contributed by atoms with Crippen molar-refractivity contribution in [1.82, 2.24) is 10.2 Å². The number of carbonyl (C=O) groups excluding carboxylic acids is 2. The zero-order chi connectivity index (χ0) is 18.4. The van der Waals surface area contributed by atoms with Crippen LogP contribution in [0.1, 0.15) is 37.7 Å². The first-order valence-electron chi connectivity index (χ1n) is 9.62. The molecule has 2 aliphatic heterocycles. The number of aryl methyl sites for hydroxylation is 1. The van der Waals surface area contributed by atoms with Crippen molar-refractivity contribution in [3.63, 3.8) is 0 Å². The average Bonchev–Trinajstić information content (AvgIpc) is 3.16. The monoisotopic (exact) mass is 359 g/mol. The molecule has 2 N–H and O–H groups in total. The van der Waals surface area contributed by atoms with Crippen molar-refractivity contribution in [1.29, 1.82) is 0 Å². The van der Waals surface area contributed by atoms with Crippen LogP contribution in [-0.4, -0.2) is 55.1 Å². The van der Waals surface area contributed by atoms with Gasteiger partial charge in [-0.15, -0.1) is 0 Å². The Bertz CT molecular complexity index is 620. The van der Waals surface area contributed by atoms with Crippen molar-refractivity contribution < 1.29 is 14.3 Å². The number of hydrogen-bond donors (Lipinski definition) is 2. The van der Waals surface area contributed by atoms with E-state index in [1.54, 1.807) is 0 Å². The number of carbonyl (C=O) groups is 2. The normalized spacial score (nSPS) is 21.0. The van der Waals surface area contributed by atoms with Crippen LogP contribution < -0.4 is 10.6 Å². The molecule has 2 saturated heterocycles. The van der Waals surface area contributed by atoms with Crippen LogP contribution in [0.3, 0.4) is 0 Å². The van der Waals surface area contributed by atoms with Gasteiger partial charge in [0.05, 0.1) is 0 Å². The summed E-state index contributed by atoms with van der Waals surface area (Å²) < 4.78 is 5.49. The molecule has 0 bridgehead atoms. The number of amides is 2. The van der Waals surface area contributed by atoms with Crippen LogP contribution in [0.4, 0.5) is 5.69 Å². The van der Waals surface area contributed by atoms with E-state index in [1.807, 2.05) is 36.1 Å². The van der Waals surface area contributed by atoms with Crippen molar-refractivity contribution in [2.45, 2.75) is 51.2 Å². The third kappa shape index (κ3) is 5.29. The molecule has 0 spiro atoms. The Hall–Kier alpha value is -1.92. The molecule has 3 rings (SSSR count). The predicted octanol–water partition coefficient (Wildman–Crippen LogP) is 2.08. The minimum atomic E-state index is -0.218. The van der Waals surface area contributed by atoms with E-state index < -0.39 is 0 Å². The number of benzene rings is 1. The van der Waals surface area contributed by atoms with Gasteiger partial charge >= 0.3 is 0 Å². The van der Waals surface area contributed by atoms with Gasteiger partial charge in [0.1, 0.15) is 6.10 Å². The van der Waals surface area contributed by atoms with Gasteiger partial charge in [0.2, 0.25) is 5.91 Å². The van der Waals surface area contributed by atoms with E-state index >= 15 is 0 Å². The molecule has 1 aromatic carbocycles. The van der Waals surface area contributed by atoms with E-state index in [4.69, 9.17) is 4.74 Å². The van der Waals surface area contributed by atoms with Crippen LogP contribution in [-0.2, 0) is 14.3 Å². The van der Waals surface area contributed by atoms with E-state index in [9.17, 15) is 9.59 Å². The Morgan fingerprint density at radius 3 is 2.73 bits per heavy atom. The number of anilines is 1. The van der Waals surface area contributed by atoms with Crippen molar-refractivity contribution in [3.05, 3.63) is 29.8 Å². The molecule has 26 heavy (non-hydrogen) atoms. The average molecular weight is 359 g/mol. The molecule has 0 saturated carbocycles. The molecule has 0 aliphatic carbocycles. The minimum Gasteiger partial charge on any atom is -0.368 e. The van der Waals surface area contributed by atoms with Crippen LogP contribution in [0.2, 0.25) is 0 Å². The number of hydrogen-bond acceptors (Lipinski definition) is 4. The molecule has 0 radical (unpaired) electrons. The zero-order valence-corrected chi connectivity index (χ0v) is 15.5. The first kappa shape index (κ1) is 18.9. The van der Waals surface area contributed by atoms with Gasteiger partial charge in [0, 0.05) is 44.4 Å². The summed E-state index contributed by atoms with van der Waals surface area (Å²) in [6, 6.07) is 8.18. The largest absolute Gasteiger partial charge is 0.368 e. The lowest BCUT2D eigenvalue weighted by Gasteiger charge is -2.33. The quantitative estimate of drug-likeness (QED) is 0.816. The maximum absolute atomic E-state index is 12.3. The van der Waals surface area contributed by atoms with E-state index in [1.165, 1.54) is 0 Å². The van der Waals surface area contributed by atoms with E-state index in [2.05, 4.69) is 10.6 Å². The Balaban J connectivity index is 1.32. The van der Waals surface area contributed by atoms with Crippen LogP contribution in [0.5, 0.6) is 0 Å². The van der Waals surface area contributed by atoms with Gasteiger partial charge in [-0.25, -0.2) is 0 Å². The first-order valence-corrected chi connectivity index (χ1v) is 9.62. The molecule has 0 aromatic heterocycles. The minimum absolute atomic E-state index is 0.0223. The molecule has 2 aliphatic rings. The second-order valence-corrected chi connectivity index (χ2v) is 7.22. The molecule has 142 valence electrons. The molecule has 0 unspecified atom stereocenters. The lowest BCUT2D eigenvalue weighted by Crippen LogP contribution is -2.48. The van der Waals surface area contributed by atoms with Gasteiger partial charge in [-0.05, 0) is 50.3 Å². The highest BCUT2D eigenvalue weighted by molar-refractivity contribution is 5.90. The number of ether oxygens (including phenoxy) is 1. The molecule has 2 amide bonds. The zero-order valence-electron chi connectivity index (χ0n) is 15.5. The standard InChI is InChI=1S/C20H29N3O3/c1-15-4-2-5-17(14-15)22-19(24)7-10-21-16-8-11-23(12-9-16)20(25)18-6-3-13-26-18/h2,4-5,14,16,18,21H,3,6-13H2,1H3,(H,22,24)/t18-/m1/s1. The van der Waals surface area contributed by atoms with Crippen LogP contribution in [0.25, 0.3) is 0 Å². The molecular formula is C20H29N3O3. The second-order valence-electron chi connectivity index (χ2n) is 7.22. The van der Waals surface area contributed by atoms with Gasteiger partial charge in [0.25, 0.3) is 5.91 Å². The van der Waals surface area contributed by atoms with E-state index in [-0.39, 0.29) is 17.9 Å². The summed E-state index contributed by atoms with van der Waals surface area (Å²) in [6.07, 6.45) is 3.93. The van der Waals surface area contributed by atoms with Crippen molar-refractivity contribution >= 4 is 17.5 Å². The summed E-state index contributed by atoms with van der Waals surface area (Å²) >= 11 is 0. The second kappa shape index (κ2) is 9.14. The number of likely N-dealkylation sites (tertiary alicyclic amines) is 1. The summed E-state index contributed by atoms with van der Waals surface area (Å²) in [6.45, 7) is 4.91. The molecule has 1 aromatic rings. The highest BCUT2D eigenvalue weighted by Gasteiger charge is 2.30. The van der Waals surface area contributed by atoms with E-state index in [0.29, 0.717) is 25.6 Å². The van der Waals surface area contributed by atoms with Gasteiger partial charge < -0.3 is 20.3 Å². The summed E-state index contributed by atoms with van der Waals surface area (Å²) in [5, 5.41) is 6.38. The van der Waals surface area contributed by atoms with Crippen LogP contribution >= 0.6 is 0 Å². The maximum Gasteiger partial charge on any atom is 0.251 e. The topological polar surface area (TPSA) is 70.7 Å². The number of piperidine rings is 1. The molecule has 6 nitrogen and oxygen atoms in total. The van der Waals surface area contributed by atoms with Gasteiger partial charge in [-0.3, -0.25) is 9.59 Å². The molecule has 1 atom stereocenters. The third-order valence-corrected chi connectivity index (χ3v) is 5.10. The van der Waals surface area contributed by atoms with Crippen LogP contribution in [0, 0.1) is 6.92 Å². The lowest BCUT2D eigenvalue weighted by molar-refractivity contribution is -0.142. The smallest absolute Gasteiger partial charge is 0.251 e. The predicted molar refractivity (Wildman–Crippen MR) is 101 cm³/mol. The maximum atomic E-state index is 12.3. The highest BCUT2D eigenvalue weighted by atomic mass is 16.5. The Kier molecular flexibility index (Phi) is 6.63. The summed E-state index contributed by atoms with van der Waals surface area (Å²) in [7, 11) is 0.